The van der Waals surface area contributed by atoms with E-state index in [1.165, 1.54) is 0 Å². The second-order valence-corrected chi connectivity index (χ2v) is 4.15. The highest BCUT2D eigenvalue weighted by Gasteiger charge is 2.66. The van der Waals surface area contributed by atoms with Crippen LogP contribution in [0.3, 0.4) is 0 Å². The number of piperidine rings is 1. The number of hydrogen-bond acceptors (Lipinski definition) is 1. The molecule has 0 bridgehead atoms. The van der Waals surface area contributed by atoms with Gasteiger partial charge in [0.15, 0.2) is 0 Å². The maximum atomic E-state index is 12.3. The number of halogens is 3. The van der Waals surface area contributed by atoms with Crippen LogP contribution in [-0.4, -0.2) is 30.7 Å². The molecule has 0 amide bonds. The largest absolute Gasteiger partial charge is 0.392 e. The molecule has 76 valence electrons. The Hall–Kier alpha value is -0.250. The zero-order valence-electron chi connectivity index (χ0n) is 7.64. The van der Waals surface area contributed by atoms with E-state index in [1.54, 1.807) is 0 Å². The molecule has 13 heavy (non-hydrogen) atoms. The lowest BCUT2D eigenvalue weighted by Crippen LogP contribution is -2.29. The molecule has 0 aromatic rings. The van der Waals surface area contributed by atoms with Gasteiger partial charge in [0.05, 0.1) is 5.92 Å². The van der Waals surface area contributed by atoms with E-state index >= 15 is 0 Å². The summed E-state index contributed by atoms with van der Waals surface area (Å²) < 4.78 is 36.8. The molecule has 1 unspecified atom stereocenters. The average molecular weight is 193 g/mol. The van der Waals surface area contributed by atoms with E-state index in [2.05, 4.69) is 11.8 Å². The Morgan fingerprint density at radius 1 is 1.23 bits per heavy atom. The molecule has 4 heteroatoms. The first-order valence-electron chi connectivity index (χ1n) is 4.83. The van der Waals surface area contributed by atoms with Gasteiger partial charge in [0, 0.05) is 13.1 Å². The van der Waals surface area contributed by atoms with Crippen molar-refractivity contribution in [2.24, 2.45) is 17.8 Å². The quantitative estimate of drug-likeness (QED) is 0.649. The zero-order chi connectivity index (χ0) is 9.64. The lowest BCUT2D eigenvalue weighted by atomic mass is 10.2. The van der Waals surface area contributed by atoms with E-state index in [0.29, 0.717) is 13.1 Å². The third kappa shape index (κ3) is 1.56. The standard InChI is InChI=1S/C9H14F3N/c1-2-3-13-4-6-7(5-13)8(6)9(10,11)12/h6-8H,2-5H2,1H3/t6-,7+,8?. The van der Waals surface area contributed by atoms with Gasteiger partial charge in [0.1, 0.15) is 0 Å². The van der Waals surface area contributed by atoms with Crippen LogP contribution < -0.4 is 0 Å². The predicted molar refractivity (Wildman–Crippen MR) is 43.3 cm³/mol. The first-order chi connectivity index (χ1) is 6.04. The van der Waals surface area contributed by atoms with Crippen molar-refractivity contribution >= 4 is 0 Å². The average Bonchev–Trinajstić information content (AvgIpc) is 2.51. The Balaban J connectivity index is 1.84. The van der Waals surface area contributed by atoms with Gasteiger partial charge in [-0.15, -0.1) is 0 Å². The van der Waals surface area contributed by atoms with E-state index in [9.17, 15) is 13.2 Å². The minimum Gasteiger partial charge on any atom is -0.303 e. The second-order valence-electron chi connectivity index (χ2n) is 4.15. The molecule has 1 saturated carbocycles. The van der Waals surface area contributed by atoms with Gasteiger partial charge in [-0.25, -0.2) is 0 Å². The van der Waals surface area contributed by atoms with Gasteiger partial charge in [-0.05, 0) is 24.8 Å². The highest BCUT2D eigenvalue weighted by Crippen LogP contribution is 2.59. The number of likely N-dealkylation sites (tertiary alicyclic amines) is 1. The molecule has 1 saturated heterocycles. The van der Waals surface area contributed by atoms with Crippen molar-refractivity contribution in [1.29, 1.82) is 0 Å². The summed E-state index contributed by atoms with van der Waals surface area (Å²) in [6.07, 6.45) is -2.90. The molecule has 0 spiro atoms. The number of hydrogen-bond donors (Lipinski definition) is 0. The second kappa shape index (κ2) is 2.87. The van der Waals surface area contributed by atoms with Crippen LogP contribution in [0.2, 0.25) is 0 Å². The van der Waals surface area contributed by atoms with E-state index < -0.39 is 12.1 Å². The number of nitrogens with zero attached hydrogens (tertiary/aromatic N) is 1. The lowest BCUT2D eigenvalue weighted by Gasteiger charge is -2.19. The molecule has 3 atom stereocenters. The van der Waals surface area contributed by atoms with Gasteiger partial charge < -0.3 is 4.90 Å². The van der Waals surface area contributed by atoms with E-state index in [-0.39, 0.29) is 11.8 Å². The first-order valence-corrected chi connectivity index (χ1v) is 4.83. The Morgan fingerprint density at radius 3 is 2.15 bits per heavy atom. The summed E-state index contributed by atoms with van der Waals surface area (Å²) in [4.78, 5) is 2.15. The van der Waals surface area contributed by atoms with Crippen LogP contribution in [-0.2, 0) is 0 Å². The fourth-order valence-corrected chi connectivity index (χ4v) is 2.60. The van der Waals surface area contributed by atoms with Crippen molar-refractivity contribution in [1.82, 2.24) is 4.90 Å². The molecule has 0 N–H and O–H groups in total. The molecule has 0 aromatic heterocycles. The smallest absolute Gasteiger partial charge is 0.303 e. The summed E-state index contributed by atoms with van der Waals surface area (Å²) >= 11 is 0. The van der Waals surface area contributed by atoms with Crippen molar-refractivity contribution in [3.63, 3.8) is 0 Å². The Kier molecular flexibility index (Phi) is 2.06. The van der Waals surface area contributed by atoms with Crippen LogP contribution in [0.5, 0.6) is 0 Å². The Labute approximate surface area is 75.9 Å². The van der Waals surface area contributed by atoms with Gasteiger partial charge >= 0.3 is 6.18 Å². The molecule has 2 fully saturated rings. The molecule has 1 nitrogen and oxygen atoms in total. The van der Waals surface area contributed by atoms with Gasteiger partial charge in [-0.2, -0.15) is 13.2 Å². The minimum absolute atomic E-state index is 0.0773. The highest BCUT2D eigenvalue weighted by atomic mass is 19.4. The fraction of sp³-hybridized carbons (Fsp3) is 1.00. The zero-order valence-corrected chi connectivity index (χ0v) is 7.64. The van der Waals surface area contributed by atoms with Crippen molar-refractivity contribution in [2.45, 2.75) is 19.5 Å². The minimum atomic E-state index is -3.94. The molecular weight excluding hydrogens is 179 g/mol. The SMILES string of the molecule is CCCN1C[C@@H]2C(C(F)(F)F)[C@@H]2C1. The van der Waals surface area contributed by atoms with Crippen molar-refractivity contribution in [3.8, 4) is 0 Å². The van der Waals surface area contributed by atoms with Crippen molar-refractivity contribution in [3.05, 3.63) is 0 Å². The Morgan fingerprint density at radius 2 is 1.77 bits per heavy atom. The van der Waals surface area contributed by atoms with Crippen LogP contribution in [0.25, 0.3) is 0 Å². The fourth-order valence-electron chi connectivity index (χ4n) is 2.60. The molecule has 1 aliphatic heterocycles. The van der Waals surface area contributed by atoms with Gasteiger partial charge in [-0.3, -0.25) is 0 Å². The van der Waals surface area contributed by atoms with Crippen LogP contribution in [0.4, 0.5) is 13.2 Å². The first kappa shape index (κ1) is 9.31. The van der Waals surface area contributed by atoms with Crippen LogP contribution in [0.1, 0.15) is 13.3 Å². The van der Waals surface area contributed by atoms with E-state index in [4.69, 9.17) is 0 Å². The maximum Gasteiger partial charge on any atom is 0.392 e. The molecule has 0 radical (unpaired) electrons. The molecule has 2 rings (SSSR count). The summed E-state index contributed by atoms with van der Waals surface area (Å²) in [5, 5.41) is 0. The third-order valence-electron chi connectivity index (χ3n) is 3.19. The summed E-state index contributed by atoms with van der Waals surface area (Å²) in [5.41, 5.74) is 0. The maximum absolute atomic E-state index is 12.3. The van der Waals surface area contributed by atoms with E-state index in [1.807, 2.05) is 0 Å². The monoisotopic (exact) mass is 193 g/mol. The highest BCUT2D eigenvalue weighted by molar-refractivity contribution is 5.07. The van der Waals surface area contributed by atoms with E-state index in [0.717, 1.165) is 13.0 Å². The van der Waals surface area contributed by atoms with Crippen molar-refractivity contribution in [2.75, 3.05) is 19.6 Å². The normalized spacial score (nSPS) is 39.2. The summed E-state index contributed by atoms with van der Waals surface area (Å²) in [6.45, 7) is 4.36. The van der Waals surface area contributed by atoms with Crippen LogP contribution >= 0.6 is 0 Å². The Bertz CT molecular complexity index is 190. The third-order valence-corrected chi connectivity index (χ3v) is 3.19. The molecule has 2 aliphatic rings. The number of rotatable bonds is 2. The lowest BCUT2D eigenvalue weighted by molar-refractivity contribution is -0.157. The summed E-state index contributed by atoms with van der Waals surface area (Å²) in [7, 11) is 0. The van der Waals surface area contributed by atoms with Gasteiger partial charge in [0.2, 0.25) is 0 Å². The molecule has 1 aliphatic carbocycles. The van der Waals surface area contributed by atoms with Crippen LogP contribution in [0, 0.1) is 17.8 Å². The summed E-state index contributed by atoms with van der Waals surface area (Å²) in [5.74, 6) is -1.13. The van der Waals surface area contributed by atoms with Gasteiger partial charge in [-0.1, -0.05) is 6.92 Å². The summed E-state index contributed by atoms with van der Waals surface area (Å²) in [6, 6.07) is 0. The number of fused-ring (bicyclic) bond motifs is 1. The van der Waals surface area contributed by atoms with Crippen molar-refractivity contribution < 1.29 is 13.2 Å². The molecule has 0 aromatic carbocycles. The molecule has 1 heterocycles. The van der Waals surface area contributed by atoms with Crippen LogP contribution in [0.15, 0.2) is 0 Å². The number of alkyl halides is 3. The topological polar surface area (TPSA) is 3.24 Å². The molecular formula is C9H14F3N. The van der Waals surface area contributed by atoms with Gasteiger partial charge in [0.25, 0.3) is 0 Å². The predicted octanol–water partition coefficient (Wildman–Crippen LogP) is 2.14.